The second-order valence-electron chi connectivity index (χ2n) is 6.94. The Bertz CT molecular complexity index is 794. The van der Waals surface area contributed by atoms with Crippen molar-refractivity contribution in [3.63, 3.8) is 0 Å². The van der Waals surface area contributed by atoms with Crippen LogP contribution in [0.4, 0.5) is 18.9 Å². The van der Waals surface area contributed by atoms with E-state index in [0.29, 0.717) is 42.9 Å². The summed E-state index contributed by atoms with van der Waals surface area (Å²) < 4.78 is 47.4. The van der Waals surface area contributed by atoms with Crippen LogP contribution >= 0.6 is 0 Å². The van der Waals surface area contributed by atoms with Gasteiger partial charge >= 0.3 is 0 Å². The van der Waals surface area contributed by atoms with E-state index in [-0.39, 0.29) is 18.0 Å². The first kappa shape index (κ1) is 19.3. The van der Waals surface area contributed by atoms with Crippen molar-refractivity contribution in [2.24, 2.45) is 5.92 Å². The van der Waals surface area contributed by atoms with E-state index >= 15 is 0 Å². The van der Waals surface area contributed by atoms with Gasteiger partial charge in [0.15, 0.2) is 0 Å². The molecule has 27 heavy (non-hydrogen) atoms. The van der Waals surface area contributed by atoms with Crippen molar-refractivity contribution in [1.29, 1.82) is 0 Å². The van der Waals surface area contributed by atoms with E-state index in [1.54, 1.807) is 11.8 Å². The fraction of sp³-hybridized carbons (Fsp3) is 0.381. The van der Waals surface area contributed by atoms with Crippen LogP contribution < -0.4 is 9.64 Å². The van der Waals surface area contributed by atoms with E-state index in [1.165, 1.54) is 30.3 Å². The van der Waals surface area contributed by atoms with Gasteiger partial charge in [-0.2, -0.15) is 0 Å². The molecule has 144 valence electrons. The largest absolute Gasteiger partial charge is 0.493 e. The Morgan fingerprint density at radius 1 is 1.11 bits per heavy atom. The van der Waals surface area contributed by atoms with Crippen molar-refractivity contribution < 1.29 is 22.7 Å². The van der Waals surface area contributed by atoms with Gasteiger partial charge in [-0.25, -0.2) is 13.2 Å². The van der Waals surface area contributed by atoms with Gasteiger partial charge in [-0.3, -0.25) is 0 Å². The lowest BCUT2D eigenvalue weighted by Gasteiger charge is -2.34. The van der Waals surface area contributed by atoms with E-state index in [9.17, 15) is 18.0 Å². The SMILES string of the molecule is Cc1cc(F)c(N2CCC(COc3ccc(F)cc3CC=O)CC2)c(F)c1. The number of halogens is 3. The number of carbonyl (C=O) groups is 1. The Morgan fingerprint density at radius 3 is 2.41 bits per heavy atom. The normalized spacial score (nSPS) is 15.0. The van der Waals surface area contributed by atoms with Crippen molar-refractivity contribution in [3.8, 4) is 5.75 Å². The Hall–Kier alpha value is -2.50. The number of rotatable bonds is 6. The lowest BCUT2D eigenvalue weighted by Crippen LogP contribution is -2.36. The molecule has 0 amide bonds. The summed E-state index contributed by atoms with van der Waals surface area (Å²) in [6.45, 7) is 3.16. The summed E-state index contributed by atoms with van der Waals surface area (Å²) in [6.07, 6.45) is 2.27. The molecule has 0 N–H and O–H groups in total. The van der Waals surface area contributed by atoms with Crippen LogP contribution in [0.1, 0.15) is 24.0 Å². The molecule has 6 heteroatoms. The molecule has 0 aliphatic carbocycles. The Morgan fingerprint density at radius 2 is 1.78 bits per heavy atom. The van der Waals surface area contributed by atoms with E-state index < -0.39 is 17.5 Å². The van der Waals surface area contributed by atoms with Gasteiger partial charge in [0.05, 0.1) is 6.61 Å². The molecule has 0 saturated carbocycles. The number of benzene rings is 2. The van der Waals surface area contributed by atoms with Crippen molar-refractivity contribution >= 4 is 12.0 Å². The highest BCUT2D eigenvalue weighted by molar-refractivity contribution is 5.57. The lowest BCUT2D eigenvalue weighted by molar-refractivity contribution is -0.107. The van der Waals surface area contributed by atoms with Crippen molar-refractivity contribution in [1.82, 2.24) is 0 Å². The molecule has 0 bridgehead atoms. The number of carbonyl (C=O) groups excluding carboxylic acids is 1. The highest BCUT2D eigenvalue weighted by Gasteiger charge is 2.24. The zero-order valence-corrected chi connectivity index (χ0v) is 15.2. The van der Waals surface area contributed by atoms with E-state index in [1.807, 2.05) is 0 Å². The maximum atomic E-state index is 14.1. The van der Waals surface area contributed by atoms with Gasteiger partial charge in [-0.05, 0) is 61.6 Å². The van der Waals surface area contributed by atoms with Gasteiger partial charge in [0.25, 0.3) is 0 Å². The number of nitrogens with zero attached hydrogens (tertiary/aromatic N) is 1. The topological polar surface area (TPSA) is 29.5 Å². The predicted molar refractivity (Wildman–Crippen MR) is 97.7 cm³/mol. The molecule has 0 radical (unpaired) electrons. The smallest absolute Gasteiger partial charge is 0.149 e. The van der Waals surface area contributed by atoms with Gasteiger partial charge < -0.3 is 14.4 Å². The average molecular weight is 377 g/mol. The van der Waals surface area contributed by atoms with E-state index in [4.69, 9.17) is 4.74 Å². The average Bonchev–Trinajstić information content (AvgIpc) is 2.61. The monoisotopic (exact) mass is 377 g/mol. The third kappa shape index (κ3) is 4.62. The third-order valence-electron chi connectivity index (χ3n) is 4.89. The second kappa shape index (κ2) is 8.46. The first-order valence-electron chi connectivity index (χ1n) is 9.03. The molecular formula is C21H22F3NO2. The number of aryl methyl sites for hydroxylation is 1. The minimum absolute atomic E-state index is 0.0340. The van der Waals surface area contributed by atoms with Gasteiger partial charge in [0.2, 0.25) is 0 Å². The van der Waals surface area contributed by atoms with Gasteiger partial charge in [0, 0.05) is 25.1 Å². The maximum absolute atomic E-state index is 14.1. The van der Waals surface area contributed by atoms with Gasteiger partial charge in [0.1, 0.15) is 35.2 Å². The van der Waals surface area contributed by atoms with Crippen LogP contribution in [0.2, 0.25) is 0 Å². The van der Waals surface area contributed by atoms with Gasteiger partial charge in [-0.1, -0.05) is 0 Å². The standard InChI is InChI=1S/C21H22F3NO2/c1-14-10-18(23)21(19(24)11-14)25-7-4-15(5-8-25)13-27-20-3-2-17(22)12-16(20)6-9-26/h2-3,9-12,15H,4-8,13H2,1H3. The summed E-state index contributed by atoms with van der Waals surface area (Å²) in [6, 6.07) is 6.82. The summed E-state index contributed by atoms with van der Waals surface area (Å²) in [5, 5.41) is 0. The number of hydrogen-bond donors (Lipinski definition) is 0. The maximum Gasteiger partial charge on any atom is 0.149 e. The highest BCUT2D eigenvalue weighted by Crippen LogP contribution is 2.30. The van der Waals surface area contributed by atoms with E-state index in [2.05, 4.69) is 0 Å². The number of ether oxygens (including phenoxy) is 1. The number of piperidine rings is 1. The molecule has 0 aromatic heterocycles. The molecule has 1 fully saturated rings. The minimum atomic E-state index is -0.535. The molecule has 2 aromatic rings. The first-order valence-corrected chi connectivity index (χ1v) is 9.03. The Kier molecular flexibility index (Phi) is 6.04. The molecule has 0 spiro atoms. The molecule has 3 nitrogen and oxygen atoms in total. The molecule has 1 aliphatic heterocycles. The van der Waals surface area contributed by atoms with Crippen LogP contribution in [-0.4, -0.2) is 26.0 Å². The van der Waals surface area contributed by atoms with Crippen LogP contribution in [0.25, 0.3) is 0 Å². The Balaban J connectivity index is 1.59. The predicted octanol–water partition coefficient (Wildman–Crippen LogP) is 4.45. The first-order chi connectivity index (χ1) is 13.0. The summed E-state index contributed by atoms with van der Waals surface area (Å²) in [7, 11) is 0. The van der Waals surface area contributed by atoms with Crippen molar-refractivity contribution in [2.45, 2.75) is 26.2 Å². The quantitative estimate of drug-likeness (QED) is 0.697. The van der Waals surface area contributed by atoms with Crippen LogP contribution in [0.3, 0.4) is 0 Å². The summed E-state index contributed by atoms with van der Waals surface area (Å²) >= 11 is 0. The number of anilines is 1. The van der Waals surface area contributed by atoms with Crippen LogP contribution in [0, 0.1) is 30.3 Å². The van der Waals surface area contributed by atoms with Crippen molar-refractivity contribution in [3.05, 3.63) is 58.9 Å². The zero-order valence-electron chi connectivity index (χ0n) is 15.2. The van der Waals surface area contributed by atoms with Crippen LogP contribution in [0.15, 0.2) is 30.3 Å². The molecular weight excluding hydrogens is 355 g/mol. The molecule has 1 aliphatic rings. The minimum Gasteiger partial charge on any atom is -0.493 e. The summed E-state index contributed by atoms with van der Waals surface area (Å²) in [5.74, 6) is -0.748. The summed E-state index contributed by atoms with van der Waals surface area (Å²) in [5.41, 5.74) is 1.11. The number of hydrogen-bond acceptors (Lipinski definition) is 3. The van der Waals surface area contributed by atoms with Crippen LogP contribution in [-0.2, 0) is 11.2 Å². The van der Waals surface area contributed by atoms with Crippen molar-refractivity contribution in [2.75, 3.05) is 24.6 Å². The molecule has 1 heterocycles. The fourth-order valence-electron chi connectivity index (χ4n) is 3.46. The fourth-order valence-corrected chi connectivity index (χ4v) is 3.46. The molecule has 0 atom stereocenters. The lowest BCUT2D eigenvalue weighted by atomic mass is 9.97. The third-order valence-corrected chi connectivity index (χ3v) is 4.89. The zero-order chi connectivity index (χ0) is 19.4. The summed E-state index contributed by atoms with van der Waals surface area (Å²) in [4.78, 5) is 12.5. The van der Waals surface area contributed by atoms with Gasteiger partial charge in [-0.15, -0.1) is 0 Å². The molecule has 3 rings (SSSR count). The highest BCUT2D eigenvalue weighted by atomic mass is 19.1. The second-order valence-corrected chi connectivity index (χ2v) is 6.94. The Labute approximate surface area is 156 Å². The molecule has 0 unspecified atom stereocenters. The number of aldehydes is 1. The molecule has 2 aromatic carbocycles. The van der Waals surface area contributed by atoms with E-state index in [0.717, 1.165) is 12.8 Å². The molecule has 1 saturated heterocycles. The van der Waals surface area contributed by atoms with Crippen LogP contribution in [0.5, 0.6) is 5.75 Å².